The highest BCUT2D eigenvalue weighted by Crippen LogP contribution is 2.34. The molecule has 184 valence electrons. The van der Waals surface area contributed by atoms with E-state index in [1.165, 1.54) is 142 Å². The number of hydrogen-bond acceptors (Lipinski definition) is 2. The second-order valence-corrected chi connectivity index (χ2v) is 11.5. The molecule has 1 unspecified atom stereocenters. The Morgan fingerprint density at radius 1 is 0.484 bits per heavy atom. The van der Waals surface area contributed by atoms with Gasteiger partial charge in [0.15, 0.2) is 4.57 Å². The number of halogens is 1. The van der Waals surface area contributed by atoms with E-state index in [0.29, 0.717) is 0 Å². The number of hydrogen-bond donors (Lipinski definition) is 0. The predicted octanol–water partition coefficient (Wildman–Crippen LogP) is 9.99. The van der Waals surface area contributed by atoms with Crippen molar-refractivity contribution < 1.29 is 0 Å². The van der Waals surface area contributed by atoms with Crippen LogP contribution in [-0.4, -0.2) is 27.5 Å². The van der Waals surface area contributed by atoms with E-state index in [1.54, 1.807) is 0 Å². The minimum Gasteiger partial charge on any atom is -0.345 e. The summed E-state index contributed by atoms with van der Waals surface area (Å²) in [7, 11) is 0. The summed E-state index contributed by atoms with van der Waals surface area (Å²) in [5.41, 5.74) is 0. The number of nitrogens with zero attached hydrogens (tertiary/aromatic N) is 2. The van der Waals surface area contributed by atoms with Gasteiger partial charge in [0.1, 0.15) is 0 Å². The van der Waals surface area contributed by atoms with Gasteiger partial charge in [0.2, 0.25) is 0 Å². The molecule has 0 spiro atoms. The third-order valence-corrected chi connectivity index (χ3v) is 7.89. The Kier molecular flexibility index (Phi) is 18.0. The van der Waals surface area contributed by atoms with Crippen LogP contribution in [0.4, 0.5) is 0 Å². The first-order chi connectivity index (χ1) is 15.1. The molecule has 0 saturated heterocycles. The van der Waals surface area contributed by atoms with Crippen LogP contribution in [0.3, 0.4) is 0 Å². The van der Waals surface area contributed by atoms with Gasteiger partial charge in [-0.1, -0.05) is 129 Å². The van der Waals surface area contributed by atoms with E-state index in [2.05, 4.69) is 58.9 Å². The summed E-state index contributed by atoms with van der Waals surface area (Å²) in [5.74, 6) is 0. The molecular formula is C28H55BrN2. The smallest absolute Gasteiger partial charge is 0.166 e. The molecular weight excluding hydrogens is 444 g/mol. The van der Waals surface area contributed by atoms with Crippen molar-refractivity contribution in [2.45, 2.75) is 154 Å². The third-order valence-electron chi connectivity index (χ3n) is 6.98. The van der Waals surface area contributed by atoms with Crippen molar-refractivity contribution in [2.24, 2.45) is 0 Å². The van der Waals surface area contributed by atoms with Gasteiger partial charge in [0.25, 0.3) is 0 Å². The molecule has 0 N–H and O–H groups in total. The van der Waals surface area contributed by atoms with E-state index >= 15 is 0 Å². The van der Waals surface area contributed by atoms with E-state index in [4.69, 9.17) is 0 Å². The molecule has 0 aliphatic carbocycles. The third kappa shape index (κ3) is 13.9. The van der Waals surface area contributed by atoms with Crippen molar-refractivity contribution in [2.75, 3.05) is 13.1 Å². The lowest BCUT2D eigenvalue weighted by atomic mass is 10.0. The first kappa shape index (κ1) is 28.9. The van der Waals surface area contributed by atoms with Crippen molar-refractivity contribution in [1.29, 1.82) is 0 Å². The minimum absolute atomic E-state index is 0.0209. The molecule has 1 aliphatic rings. The van der Waals surface area contributed by atoms with Crippen LogP contribution in [-0.2, 0) is 0 Å². The quantitative estimate of drug-likeness (QED) is 0.0830. The molecule has 1 atom stereocenters. The van der Waals surface area contributed by atoms with Crippen molar-refractivity contribution in [3.8, 4) is 0 Å². The van der Waals surface area contributed by atoms with Gasteiger partial charge in [0.05, 0.1) is 0 Å². The summed E-state index contributed by atoms with van der Waals surface area (Å²) in [6.07, 6.45) is 32.8. The Hall–Kier alpha value is -0.180. The highest BCUT2D eigenvalue weighted by Gasteiger charge is 2.35. The topological polar surface area (TPSA) is 6.48 Å². The van der Waals surface area contributed by atoms with E-state index < -0.39 is 0 Å². The fraction of sp³-hybridized carbons (Fsp3) is 0.929. The van der Waals surface area contributed by atoms with Crippen LogP contribution in [0.2, 0.25) is 0 Å². The summed E-state index contributed by atoms with van der Waals surface area (Å²) in [5, 5.41) is 0. The molecule has 0 saturated carbocycles. The molecule has 0 aromatic rings. The maximum absolute atomic E-state index is 4.00. The van der Waals surface area contributed by atoms with Crippen LogP contribution >= 0.6 is 15.9 Å². The van der Waals surface area contributed by atoms with Gasteiger partial charge in [-0.15, -0.1) is 0 Å². The molecule has 0 radical (unpaired) electrons. The van der Waals surface area contributed by atoms with Crippen molar-refractivity contribution >= 4 is 15.9 Å². The summed E-state index contributed by atoms with van der Waals surface area (Å²) < 4.78 is -0.0209. The highest BCUT2D eigenvalue weighted by molar-refractivity contribution is 9.10. The molecule has 31 heavy (non-hydrogen) atoms. The monoisotopic (exact) mass is 498 g/mol. The van der Waals surface area contributed by atoms with Gasteiger partial charge in [0, 0.05) is 25.5 Å². The molecule has 0 aromatic heterocycles. The SMILES string of the molecule is CCCCCCCCCCCCCCCCN1C=CN(CCCCCCCC)C1(C)Br. The van der Waals surface area contributed by atoms with Crippen molar-refractivity contribution in [3.05, 3.63) is 12.4 Å². The predicted molar refractivity (Wildman–Crippen MR) is 144 cm³/mol. The largest absolute Gasteiger partial charge is 0.345 e. The maximum Gasteiger partial charge on any atom is 0.166 e. The fourth-order valence-corrected chi connectivity index (χ4v) is 5.29. The molecule has 1 aliphatic heterocycles. The Morgan fingerprint density at radius 2 is 0.742 bits per heavy atom. The lowest BCUT2D eigenvalue weighted by Crippen LogP contribution is -2.46. The zero-order valence-corrected chi connectivity index (χ0v) is 23.1. The molecule has 3 heteroatoms. The summed E-state index contributed by atoms with van der Waals surface area (Å²) >= 11 is 4.00. The lowest BCUT2D eigenvalue weighted by molar-refractivity contribution is 0.139. The minimum atomic E-state index is -0.0209. The van der Waals surface area contributed by atoms with Crippen LogP contribution in [0.5, 0.6) is 0 Å². The average molecular weight is 500 g/mol. The highest BCUT2D eigenvalue weighted by atomic mass is 79.9. The van der Waals surface area contributed by atoms with Gasteiger partial charge in [-0.3, -0.25) is 0 Å². The summed E-state index contributed by atoms with van der Waals surface area (Å²) in [6.45, 7) is 9.24. The van der Waals surface area contributed by atoms with Gasteiger partial charge < -0.3 is 9.80 Å². The number of unbranched alkanes of at least 4 members (excludes halogenated alkanes) is 18. The molecule has 1 rings (SSSR count). The zero-order chi connectivity index (χ0) is 22.6. The second-order valence-electron chi connectivity index (χ2n) is 9.95. The Morgan fingerprint density at radius 3 is 1.03 bits per heavy atom. The fourth-order valence-electron chi connectivity index (χ4n) is 4.69. The van der Waals surface area contributed by atoms with Crippen LogP contribution in [0.15, 0.2) is 12.4 Å². The van der Waals surface area contributed by atoms with E-state index in [1.807, 2.05) is 0 Å². The molecule has 0 aromatic carbocycles. The number of rotatable bonds is 22. The molecule has 0 bridgehead atoms. The summed E-state index contributed by atoms with van der Waals surface area (Å²) in [6, 6.07) is 0. The second kappa shape index (κ2) is 19.3. The lowest BCUT2D eigenvalue weighted by Gasteiger charge is -2.38. The van der Waals surface area contributed by atoms with Gasteiger partial charge in [-0.05, 0) is 35.7 Å². The van der Waals surface area contributed by atoms with Crippen LogP contribution in [0, 0.1) is 0 Å². The van der Waals surface area contributed by atoms with E-state index in [0.717, 1.165) is 0 Å². The molecule has 2 nitrogen and oxygen atoms in total. The Bertz CT molecular complexity index is 421. The maximum atomic E-state index is 4.00. The van der Waals surface area contributed by atoms with E-state index in [9.17, 15) is 0 Å². The molecule has 1 heterocycles. The number of alkyl halides is 1. The van der Waals surface area contributed by atoms with E-state index in [-0.39, 0.29) is 4.57 Å². The first-order valence-corrected chi connectivity index (χ1v) is 14.8. The van der Waals surface area contributed by atoms with Gasteiger partial charge in [-0.2, -0.15) is 0 Å². The normalized spacial score (nSPS) is 18.5. The van der Waals surface area contributed by atoms with Crippen LogP contribution in [0.1, 0.15) is 149 Å². The molecule has 0 amide bonds. The van der Waals surface area contributed by atoms with Crippen molar-refractivity contribution in [3.63, 3.8) is 0 Å². The van der Waals surface area contributed by atoms with Gasteiger partial charge in [-0.25, -0.2) is 0 Å². The summed E-state index contributed by atoms with van der Waals surface area (Å²) in [4.78, 5) is 4.97. The van der Waals surface area contributed by atoms with Gasteiger partial charge >= 0.3 is 0 Å². The van der Waals surface area contributed by atoms with Crippen LogP contribution < -0.4 is 0 Å². The zero-order valence-electron chi connectivity index (χ0n) is 21.5. The Labute approximate surface area is 204 Å². The van der Waals surface area contributed by atoms with Crippen molar-refractivity contribution in [1.82, 2.24) is 9.80 Å². The first-order valence-electron chi connectivity index (χ1n) is 14.0. The standard InChI is InChI=1S/C28H55BrN2/c1-4-6-8-10-12-13-14-15-16-17-18-19-21-23-25-31-27-26-30(28(31,3)29)24-22-20-11-9-7-5-2/h26-27H,4-25H2,1-3H3. The molecule has 0 fully saturated rings. The Balaban J connectivity index is 1.94. The van der Waals surface area contributed by atoms with Crippen LogP contribution in [0.25, 0.3) is 0 Å². The average Bonchev–Trinajstić information content (AvgIpc) is 3.04.